The quantitative estimate of drug-likeness (QED) is 0.530. The molecule has 0 atom stereocenters. The molecule has 0 saturated heterocycles. The van der Waals surface area contributed by atoms with Crippen LogP contribution in [0.1, 0.15) is 10.5 Å². The Hall–Kier alpha value is -2.44. The highest BCUT2D eigenvalue weighted by Crippen LogP contribution is 2.31. The molecule has 3 rings (SSSR count). The lowest BCUT2D eigenvalue weighted by Crippen LogP contribution is -2.34. The number of fused-ring (bicyclic) bond motifs is 1. The van der Waals surface area contributed by atoms with Gasteiger partial charge < -0.3 is 10.7 Å². The minimum Gasteiger partial charge on any atom is -0.364 e. The highest BCUT2D eigenvalue weighted by Gasteiger charge is 2.31. The molecule has 132 valence electrons. The van der Waals surface area contributed by atoms with Crippen LogP contribution in [0.4, 0.5) is 0 Å². The largest absolute Gasteiger partial charge is 0.364 e. The molecule has 0 unspecified atom stereocenters. The first-order chi connectivity index (χ1) is 11.7. The second kappa shape index (κ2) is 6.13. The molecule has 12 heteroatoms. The van der Waals surface area contributed by atoms with Crippen molar-refractivity contribution >= 4 is 42.8 Å². The van der Waals surface area contributed by atoms with Crippen molar-refractivity contribution in [3.05, 3.63) is 45.2 Å². The molecule has 0 spiro atoms. The Morgan fingerprint density at radius 2 is 2.16 bits per heavy atom. The second-order valence-corrected chi connectivity index (χ2v) is 8.12. The van der Waals surface area contributed by atoms with Crippen LogP contribution >= 0.6 is 15.9 Å². The van der Waals surface area contributed by atoms with E-state index in [4.69, 9.17) is 5.73 Å². The number of halogens is 1. The summed E-state index contributed by atoms with van der Waals surface area (Å²) in [6.07, 6.45) is 1.15. The molecule has 2 aromatic heterocycles. The Morgan fingerprint density at radius 3 is 2.76 bits per heavy atom. The summed E-state index contributed by atoms with van der Waals surface area (Å²) in [7, 11) is -2.86. The van der Waals surface area contributed by atoms with Crippen LogP contribution in [0.15, 0.2) is 38.7 Å². The maximum Gasteiger partial charge on any atom is 0.344 e. The molecule has 0 aliphatic carbocycles. The Balaban J connectivity index is 2.17. The molecule has 1 amide bonds. The van der Waals surface area contributed by atoms with Crippen molar-refractivity contribution in [3.8, 4) is 0 Å². The fourth-order valence-electron chi connectivity index (χ4n) is 2.38. The maximum absolute atomic E-state index is 13.0. The molecule has 2 heterocycles. The van der Waals surface area contributed by atoms with E-state index < -0.39 is 21.6 Å². The van der Waals surface area contributed by atoms with Gasteiger partial charge in [-0.1, -0.05) is 15.9 Å². The lowest BCUT2D eigenvalue weighted by molar-refractivity contribution is 0.0993. The molecule has 0 radical (unpaired) electrons. The lowest BCUT2D eigenvalue weighted by atomic mass is 10.2. The molecule has 0 saturated carbocycles. The lowest BCUT2D eigenvalue weighted by Gasteiger charge is -2.16. The molecular formula is C13H13BrN6O4S. The van der Waals surface area contributed by atoms with E-state index in [1.807, 2.05) is 0 Å². The van der Waals surface area contributed by atoms with E-state index in [1.165, 1.54) is 7.05 Å². The first-order valence-corrected chi connectivity index (χ1v) is 9.13. The van der Waals surface area contributed by atoms with Crippen LogP contribution in [0.25, 0.3) is 10.9 Å². The predicted octanol–water partition coefficient (Wildman–Crippen LogP) is 0.192. The third kappa shape index (κ3) is 2.99. The predicted molar refractivity (Wildman–Crippen MR) is 92.3 cm³/mol. The number of nitrogens with one attached hydrogen (secondary N) is 2. The summed E-state index contributed by atoms with van der Waals surface area (Å²) < 4.78 is 28.5. The number of benzene rings is 1. The van der Waals surface area contributed by atoms with Crippen molar-refractivity contribution in [1.29, 1.82) is 0 Å². The smallest absolute Gasteiger partial charge is 0.344 e. The van der Waals surface area contributed by atoms with Gasteiger partial charge in [0.25, 0.3) is 5.91 Å². The summed E-state index contributed by atoms with van der Waals surface area (Å²) in [5.74, 6) is -0.906. The van der Waals surface area contributed by atoms with Gasteiger partial charge in [-0.3, -0.25) is 9.78 Å². The van der Waals surface area contributed by atoms with E-state index in [9.17, 15) is 18.0 Å². The zero-order valence-electron chi connectivity index (χ0n) is 12.9. The van der Waals surface area contributed by atoms with E-state index >= 15 is 0 Å². The summed E-state index contributed by atoms with van der Waals surface area (Å²) in [5.41, 5.74) is 5.00. The highest BCUT2D eigenvalue weighted by atomic mass is 79.9. The second-order valence-electron chi connectivity index (χ2n) is 5.22. The monoisotopic (exact) mass is 428 g/mol. The van der Waals surface area contributed by atoms with Crippen LogP contribution < -0.4 is 11.4 Å². The number of aromatic nitrogens is 4. The molecule has 1 aromatic carbocycles. The average Bonchev–Trinajstić information content (AvgIpc) is 3.11. The number of hydrogen-bond donors (Lipinski definition) is 3. The van der Waals surface area contributed by atoms with E-state index in [2.05, 4.69) is 31.0 Å². The number of rotatable bonds is 5. The molecule has 0 bridgehead atoms. The Kier molecular flexibility index (Phi) is 4.26. The van der Waals surface area contributed by atoms with Gasteiger partial charge in [-0.05, 0) is 18.2 Å². The van der Waals surface area contributed by atoms with E-state index in [0.29, 0.717) is 15.4 Å². The van der Waals surface area contributed by atoms with Crippen LogP contribution in [0.3, 0.4) is 0 Å². The highest BCUT2D eigenvalue weighted by molar-refractivity contribution is 9.10. The van der Waals surface area contributed by atoms with Gasteiger partial charge in [-0.2, -0.15) is 14.1 Å². The number of primary amides is 1. The van der Waals surface area contributed by atoms with E-state index in [0.717, 1.165) is 15.3 Å². The zero-order valence-corrected chi connectivity index (χ0v) is 15.3. The number of carbonyl (C=O) groups is 1. The van der Waals surface area contributed by atoms with E-state index in [-0.39, 0.29) is 17.3 Å². The van der Waals surface area contributed by atoms with E-state index in [1.54, 1.807) is 18.2 Å². The Labute approximate surface area is 149 Å². The van der Waals surface area contributed by atoms with Crippen molar-refractivity contribution in [2.45, 2.75) is 11.6 Å². The van der Waals surface area contributed by atoms with Gasteiger partial charge in [0.2, 0.25) is 10.0 Å². The Morgan fingerprint density at radius 1 is 1.44 bits per heavy atom. The molecule has 25 heavy (non-hydrogen) atoms. The minimum atomic E-state index is -4.14. The summed E-state index contributed by atoms with van der Waals surface area (Å²) >= 11 is 3.28. The van der Waals surface area contributed by atoms with Gasteiger partial charge in [-0.25, -0.2) is 13.2 Å². The summed E-state index contributed by atoms with van der Waals surface area (Å²) in [5, 5.41) is 4.03. The fourth-order valence-corrected chi connectivity index (χ4v) is 4.17. The van der Waals surface area contributed by atoms with Gasteiger partial charge in [0, 0.05) is 22.4 Å². The maximum atomic E-state index is 13.0. The van der Waals surface area contributed by atoms with Gasteiger partial charge >= 0.3 is 5.69 Å². The van der Waals surface area contributed by atoms with Crippen molar-refractivity contribution in [1.82, 2.24) is 24.1 Å². The zero-order chi connectivity index (χ0) is 18.4. The molecular weight excluding hydrogens is 416 g/mol. The van der Waals surface area contributed by atoms with Crippen molar-refractivity contribution in [2.24, 2.45) is 5.73 Å². The van der Waals surface area contributed by atoms with Crippen LogP contribution in [-0.2, 0) is 16.7 Å². The number of amides is 1. The number of H-pyrrole nitrogens is 2. The van der Waals surface area contributed by atoms with Crippen molar-refractivity contribution in [3.63, 3.8) is 0 Å². The van der Waals surface area contributed by atoms with Gasteiger partial charge in [0.15, 0.2) is 0 Å². The number of carbonyl (C=O) groups excluding carboxylic acids is 1. The molecule has 3 aromatic rings. The normalized spacial score (nSPS) is 12.1. The average molecular weight is 429 g/mol. The van der Waals surface area contributed by atoms with Crippen molar-refractivity contribution < 1.29 is 13.2 Å². The van der Waals surface area contributed by atoms with Crippen molar-refractivity contribution in [2.75, 3.05) is 7.05 Å². The summed E-state index contributed by atoms with van der Waals surface area (Å²) in [4.78, 5) is 28.1. The topological polar surface area (TPSA) is 147 Å². The molecule has 4 N–H and O–H groups in total. The number of hydrogen-bond acceptors (Lipinski definition) is 5. The van der Waals surface area contributed by atoms with Crippen LogP contribution in [0.5, 0.6) is 0 Å². The minimum absolute atomic E-state index is 0.227. The van der Waals surface area contributed by atoms with Gasteiger partial charge in [0.1, 0.15) is 23.6 Å². The standard InChI is InChI=1S/C13H13BrN6O4S/c1-19(6-20-13(22)16-5-17-20)25(23,24)11-8-4-7(14)2-3-9(8)18-10(11)12(15)21/h2-5,18H,6H2,1H3,(H2,15,21)(H,16,17,22). The number of aromatic amines is 2. The van der Waals surface area contributed by atoms with Crippen LogP contribution in [0, 0.1) is 0 Å². The first-order valence-electron chi connectivity index (χ1n) is 6.89. The molecule has 0 aliphatic heterocycles. The fraction of sp³-hybridized carbons (Fsp3) is 0.154. The number of sulfonamides is 1. The molecule has 0 fully saturated rings. The third-order valence-electron chi connectivity index (χ3n) is 3.58. The first kappa shape index (κ1) is 17.4. The molecule has 0 aliphatic rings. The summed E-state index contributed by atoms with van der Waals surface area (Å²) in [6, 6.07) is 4.90. The molecule has 10 nitrogen and oxygen atoms in total. The van der Waals surface area contributed by atoms with Crippen LogP contribution in [-0.4, -0.2) is 45.4 Å². The van der Waals surface area contributed by atoms with Gasteiger partial charge in [-0.15, -0.1) is 0 Å². The van der Waals surface area contributed by atoms with Gasteiger partial charge in [0.05, 0.1) is 0 Å². The SMILES string of the molecule is CN(Cn1nc[nH]c1=O)S(=O)(=O)c1c(C(N)=O)[nH]c2ccc(Br)cc12. The van der Waals surface area contributed by atoms with Crippen LogP contribution in [0.2, 0.25) is 0 Å². The Bertz CT molecular complexity index is 1130. The summed E-state index contributed by atoms with van der Waals surface area (Å²) in [6.45, 7) is -0.330. The number of nitrogens with two attached hydrogens (primary N) is 1. The number of nitrogens with zero attached hydrogens (tertiary/aromatic N) is 3. The third-order valence-corrected chi connectivity index (χ3v) is 5.95.